The molecular weight excluding hydrogens is 700 g/mol. The van der Waals surface area contributed by atoms with E-state index in [-0.39, 0.29) is 0 Å². The van der Waals surface area contributed by atoms with E-state index in [4.69, 9.17) is 23.7 Å². The van der Waals surface area contributed by atoms with Crippen LogP contribution in [0.25, 0.3) is 0 Å². The summed E-state index contributed by atoms with van der Waals surface area (Å²) >= 11 is 0. The number of ether oxygens (including phenoxy) is 5. The highest BCUT2D eigenvalue weighted by Crippen LogP contribution is 2.61. The van der Waals surface area contributed by atoms with E-state index >= 15 is 0 Å². The molecule has 0 aromatic carbocycles. The van der Waals surface area contributed by atoms with E-state index in [1.54, 1.807) is 0 Å². The van der Waals surface area contributed by atoms with Crippen molar-refractivity contribution < 1.29 is 79.9 Å². The summed E-state index contributed by atoms with van der Waals surface area (Å²) in [6.45, 7) is 16.5. The Balaban J connectivity index is 1.96. The lowest BCUT2D eigenvalue weighted by Gasteiger charge is -2.68. The van der Waals surface area contributed by atoms with Gasteiger partial charge in [-0.2, -0.15) is 0 Å². The van der Waals surface area contributed by atoms with Crippen LogP contribution in [0.3, 0.4) is 0 Å². The Hall–Kier alpha value is -0.640. The Morgan fingerprint density at radius 1 is 0.321 bits per heavy atom. The molecule has 0 bridgehead atoms. The van der Waals surface area contributed by atoms with Crippen LogP contribution in [0.15, 0.2) is 0 Å². The van der Waals surface area contributed by atoms with Gasteiger partial charge in [-0.05, 0) is 90.0 Å². The molecule has 0 aliphatic carbocycles. The molecule has 53 heavy (non-hydrogen) atoms. The van der Waals surface area contributed by atoms with E-state index in [1.807, 2.05) is 0 Å². The number of aliphatic hydroxyl groups is 11. The van der Waals surface area contributed by atoms with Crippen LogP contribution >= 0.6 is 0 Å². The fourth-order valence-electron chi connectivity index (χ4n) is 9.06. The van der Waals surface area contributed by atoms with Gasteiger partial charge in [0.2, 0.25) is 0 Å². The maximum atomic E-state index is 12.4. The summed E-state index contributed by atoms with van der Waals surface area (Å²) in [6.07, 6.45) is 0. The third-order valence-corrected chi connectivity index (χ3v) is 16.0. The second-order valence-electron chi connectivity index (χ2n) is 19.1. The zero-order chi connectivity index (χ0) is 42.0. The number of hydrogen-bond donors (Lipinski definition) is 11. The van der Waals surface area contributed by atoms with E-state index in [9.17, 15) is 56.2 Å². The number of hydrogen-bond acceptors (Lipinski definition) is 16. The summed E-state index contributed by atoms with van der Waals surface area (Å²) in [4.78, 5) is 0. The number of rotatable bonds is 11. The highest BCUT2D eigenvalue weighted by molar-refractivity contribution is 5.25. The third kappa shape index (κ3) is 5.53. The monoisotopic (exact) mass is 770 g/mol. The fraction of sp³-hybridized carbons (Fsp3) is 1.00. The summed E-state index contributed by atoms with van der Waals surface area (Å²) < 4.78 is 30.8. The predicted octanol–water partition coefficient (Wildman–Crippen LogP) is -1.14. The van der Waals surface area contributed by atoms with Gasteiger partial charge in [-0.3, -0.25) is 0 Å². The van der Waals surface area contributed by atoms with E-state index in [2.05, 4.69) is 0 Å². The highest BCUT2D eigenvalue weighted by Gasteiger charge is 2.77. The fourth-order valence-corrected chi connectivity index (χ4v) is 9.06. The molecule has 0 aromatic rings. The second-order valence-corrected chi connectivity index (χ2v) is 19.1. The predicted molar refractivity (Wildman–Crippen MR) is 189 cm³/mol. The van der Waals surface area contributed by atoms with Crippen LogP contribution in [0, 0.1) is 10.8 Å². The molecule has 0 radical (unpaired) electrons. The lowest BCUT2D eigenvalue weighted by Crippen LogP contribution is -2.85. The highest BCUT2D eigenvalue weighted by atomic mass is 16.7. The van der Waals surface area contributed by atoms with Crippen LogP contribution in [-0.2, 0) is 23.7 Å². The molecule has 3 aliphatic heterocycles. The molecule has 0 spiro atoms. The van der Waals surface area contributed by atoms with Gasteiger partial charge < -0.3 is 79.9 Å². The van der Waals surface area contributed by atoms with Crippen LogP contribution in [0.1, 0.15) is 104 Å². The molecule has 3 rings (SSSR count). The molecule has 16 heteroatoms. The number of aliphatic hydroxyl groups excluding tert-OH is 3. The molecule has 11 N–H and O–H groups in total. The first-order chi connectivity index (χ1) is 23.2. The van der Waals surface area contributed by atoms with Crippen molar-refractivity contribution in [2.75, 3.05) is 46.2 Å². The molecule has 0 aromatic heterocycles. The van der Waals surface area contributed by atoms with Crippen molar-refractivity contribution in [3.8, 4) is 0 Å². The zero-order valence-electron chi connectivity index (χ0n) is 34.4. The normalized spacial score (nSPS) is 59.2. The van der Waals surface area contributed by atoms with E-state index in [0.29, 0.717) is 0 Å². The topological polar surface area (TPSA) is 269 Å². The van der Waals surface area contributed by atoms with Crippen LogP contribution in [-0.4, -0.2) is 175 Å². The third-order valence-electron chi connectivity index (χ3n) is 16.0. The quantitative estimate of drug-likeness (QED) is 0.119. The Bertz CT molecular complexity index is 1380. The van der Waals surface area contributed by atoms with Crippen LogP contribution in [0.4, 0.5) is 0 Å². The van der Waals surface area contributed by atoms with Crippen molar-refractivity contribution in [3.05, 3.63) is 0 Å². The van der Waals surface area contributed by atoms with Crippen LogP contribution in [0.2, 0.25) is 0 Å². The van der Waals surface area contributed by atoms with Crippen molar-refractivity contribution in [1.29, 1.82) is 0 Å². The van der Waals surface area contributed by atoms with Crippen LogP contribution < -0.4 is 0 Å². The first-order valence-electron chi connectivity index (χ1n) is 18.1. The SMILES string of the molecule is CC1(O)OC(C)(CO)C(C)(COCC2(C)OC(C)(CO)C(C)(COCC3(C)OC(C)(CO)C(C)(O)C(C)(O)C3(C)O)C(C)(O)C2(C)O)C(C)(O)C1(C)O. The summed E-state index contributed by atoms with van der Waals surface area (Å²) in [6, 6.07) is 0. The van der Waals surface area contributed by atoms with Crippen molar-refractivity contribution in [3.63, 3.8) is 0 Å². The summed E-state index contributed by atoms with van der Waals surface area (Å²) in [5, 5.41) is 125. The molecule has 3 aliphatic rings. The van der Waals surface area contributed by atoms with Crippen molar-refractivity contribution in [1.82, 2.24) is 0 Å². The van der Waals surface area contributed by atoms with Gasteiger partial charge in [-0.15, -0.1) is 0 Å². The van der Waals surface area contributed by atoms with E-state index < -0.39 is 130 Å². The molecular formula is C37H70O16. The molecule has 314 valence electrons. The molecule has 15 unspecified atom stereocenters. The molecule has 0 amide bonds. The Kier molecular flexibility index (Phi) is 11.2. The Morgan fingerprint density at radius 3 is 0.962 bits per heavy atom. The lowest BCUT2D eigenvalue weighted by atomic mass is 9.52. The Labute approximate surface area is 313 Å². The van der Waals surface area contributed by atoms with Gasteiger partial charge >= 0.3 is 0 Å². The standard InChI is InChI=1S/C37H70O16/c1-23(19-49-22-29(7)34(12,45)35(13,46)32(10,43)27(5,18-40)52-29)25(3,16-38)51-28(6,33(11,44)30(23,8)41)21-50-20-24(2)26(4,17-39)53-37(15,48)36(14,47)31(24,9)42/h38-48H,16-22H2,1-15H3. The largest absolute Gasteiger partial charge is 0.393 e. The maximum absolute atomic E-state index is 12.4. The molecule has 3 fully saturated rings. The van der Waals surface area contributed by atoms with Crippen LogP contribution in [0.5, 0.6) is 0 Å². The zero-order valence-corrected chi connectivity index (χ0v) is 34.4. The van der Waals surface area contributed by atoms with Gasteiger partial charge in [0.15, 0.2) is 5.79 Å². The van der Waals surface area contributed by atoms with Gasteiger partial charge in [-0.1, -0.05) is 13.8 Å². The summed E-state index contributed by atoms with van der Waals surface area (Å²) in [5.41, 5.74) is -27.2. The van der Waals surface area contributed by atoms with Crippen molar-refractivity contribution in [2.45, 2.75) is 177 Å². The summed E-state index contributed by atoms with van der Waals surface area (Å²) in [5.74, 6) is -2.28. The van der Waals surface area contributed by atoms with Crippen molar-refractivity contribution >= 4 is 0 Å². The second kappa shape index (κ2) is 12.7. The van der Waals surface area contributed by atoms with Gasteiger partial charge in [-0.25, -0.2) is 0 Å². The van der Waals surface area contributed by atoms with Crippen molar-refractivity contribution in [2.24, 2.45) is 10.8 Å². The molecule has 3 heterocycles. The smallest absolute Gasteiger partial charge is 0.195 e. The molecule has 15 atom stereocenters. The van der Waals surface area contributed by atoms with E-state index in [0.717, 1.165) is 0 Å². The van der Waals surface area contributed by atoms with Gasteiger partial charge in [0.25, 0.3) is 0 Å². The molecule has 0 saturated carbocycles. The minimum absolute atomic E-state index is 0.418. The lowest BCUT2D eigenvalue weighted by molar-refractivity contribution is -0.446. The summed E-state index contributed by atoms with van der Waals surface area (Å²) in [7, 11) is 0. The maximum Gasteiger partial charge on any atom is 0.195 e. The first kappa shape index (κ1) is 46.7. The molecule has 16 nitrogen and oxygen atoms in total. The minimum Gasteiger partial charge on any atom is -0.393 e. The van der Waals surface area contributed by atoms with E-state index in [1.165, 1.54) is 104 Å². The first-order valence-corrected chi connectivity index (χ1v) is 18.1. The van der Waals surface area contributed by atoms with Gasteiger partial charge in [0.1, 0.15) is 61.6 Å². The van der Waals surface area contributed by atoms with Gasteiger partial charge in [0.05, 0.1) is 62.7 Å². The average Bonchev–Trinajstić information content (AvgIpc) is 3.01. The molecule has 3 saturated heterocycles. The Morgan fingerprint density at radius 2 is 0.604 bits per heavy atom. The average molecular weight is 771 g/mol. The minimum atomic E-state index is -2.28. The van der Waals surface area contributed by atoms with Gasteiger partial charge in [0, 0.05) is 0 Å².